The lowest BCUT2D eigenvalue weighted by Gasteiger charge is -2.39. The molecule has 3 aromatic rings. The van der Waals surface area contributed by atoms with Crippen molar-refractivity contribution in [1.82, 2.24) is 4.90 Å². The molecule has 0 radical (unpaired) electrons. The number of hydrogen-bond donors (Lipinski definition) is 1. The van der Waals surface area contributed by atoms with Gasteiger partial charge in [0, 0.05) is 28.2 Å². The molecule has 1 N–H and O–H groups in total. The van der Waals surface area contributed by atoms with Gasteiger partial charge < -0.3 is 14.8 Å². The van der Waals surface area contributed by atoms with Gasteiger partial charge in [0.2, 0.25) is 0 Å². The van der Waals surface area contributed by atoms with Crippen molar-refractivity contribution in [3.8, 4) is 5.75 Å². The van der Waals surface area contributed by atoms with Crippen molar-refractivity contribution in [2.75, 3.05) is 31.6 Å². The Labute approximate surface area is 254 Å². The first kappa shape index (κ1) is 29.9. The molecule has 0 spiro atoms. The van der Waals surface area contributed by atoms with Gasteiger partial charge in [-0.3, -0.25) is 9.69 Å². The van der Waals surface area contributed by atoms with Crippen molar-refractivity contribution in [2.45, 2.75) is 58.1 Å². The number of amides is 1. The highest BCUT2D eigenvalue weighted by atomic mass is 35.5. The molecular formula is C34H40Cl2N2O3. The third-order valence-electron chi connectivity index (χ3n) is 8.33. The number of nitrogens with zero attached hydrogens (tertiary/aromatic N) is 1. The Bertz CT molecular complexity index is 1310. The maximum absolute atomic E-state index is 12.6. The number of nitrogens with one attached hydrogen (secondary N) is 1. The summed E-state index contributed by atoms with van der Waals surface area (Å²) in [7, 11) is 0. The number of rotatable bonds is 9. The van der Waals surface area contributed by atoms with Crippen molar-refractivity contribution in [3.63, 3.8) is 0 Å². The van der Waals surface area contributed by atoms with Gasteiger partial charge in [0.15, 0.2) is 6.61 Å². The number of piperidine rings is 1. The molecular weight excluding hydrogens is 555 g/mol. The van der Waals surface area contributed by atoms with Crippen LogP contribution in [0.1, 0.15) is 68.2 Å². The van der Waals surface area contributed by atoms with E-state index in [0.29, 0.717) is 34.2 Å². The molecule has 41 heavy (non-hydrogen) atoms. The minimum absolute atomic E-state index is 0.0573. The second-order valence-corrected chi connectivity index (χ2v) is 12.5. The van der Waals surface area contributed by atoms with E-state index in [1.54, 1.807) is 6.07 Å². The summed E-state index contributed by atoms with van der Waals surface area (Å²) >= 11 is 12.6. The largest absolute Gasteiger partial charge is 0.484 e. The van der Waals surface area contributed by atoms with Crippen LogP contribution < -0.4 is 10.1 Å². The zero-order valence-corrected chi connectivity index (χ0v) is 25.5. The van der Waals surface area contributed by atoms with E-state index in [9.17, 15) is 4.79 Å². The first-order valence-electron chi connectivity index (χ1n) is 14.8. The average molecular weight is 596 g/mol. The Morgan fingerprint density at radius 3 is 2.54 bits per heavy atom. The molecule has 2 heterocycles. The molecule has 3 aromatic carbocycles. The smallest absolute Gasteiger partial charge is 0.262 e. The summed E-state index contributed by atoms with van der Waals surface area (Å²) in [5.41, 5.74) is 4.19. The fourth-order valence-corrected chi connectivity index (χ4v) is 6.64. The second kappa shape index (κ2) is 14.1. The number of ether oxygens (including phenoxy) is 2. The Hall–Kier alpha value is -2.57. The molecule has 0 bridgehead atoms. The molecule has 2 fully saturated rings. The number of benzene rings is 3. The second-order valence-electron chi connectivity index (χ2n) is 11.7. The van der Waals surface area contributed by atoms with Crippen molar-refractivity contribution >= 4 is 34.8 Å². The van der Waals surface area contributed by atoms with Crippen molar-refractivity contribution in [1.29, 1.82) is 0 Å². The molecule has 2 saturated heterocycles. The summed E-state index contributed by atoms with van der Waals surface area (Å²) in [6, 6.07) is 21.8. The highest BCUT2D eigenvalue weighted by Crippen LogP contribution is 2.45. The van der Waals surface area contributed by atoms with Crippen LogP contribution in [0.3, 0.4) is 0 Å². The van der Waals surface area contributed by atoms with Gasteiger partial charge in [0.25, 0.3) is 5.91 Å². The summed E-state index contributed by atoms with van der Waals surface area (Å²) in [6.07, 6.45) is 4.81. The molecule has 7 heteroatoms. The van der Waals surface area contributed by atoms with E-state index < -0.39 is 0 Å². The van der Waals surface area contributed by atoms with Gasteiger partial charge in [0.1, 0.15) is 5.75 Å². The van der Waals surface area contributed by atoms with Crippen molar-refractivity contribution < 1.29 is 14.3 Å². The average Bonchev–Trinajstić information content (AvgIpc) is 2.97. The predicted octanol–water partition coefficient (Wildman–Crippen LogP) is 8.51. The summed E-state index contributed by atoms with van der Waals surface area (Å²) in [5, 5.41) is 4.28. The van der Waals surface area contributed by atoms with Gasteiger partial charge in [-0.2, -0.15) is 0 Å². The van der Waals surface area contributed by atoms with Gasteiger partial charge in [-0.15, -0.1) is 0 Å². The topological polar surface area (TPSA) is 50.8 Å². The normalized spacial score (nSPS) is 21.5. The van der Waals surface area contributed by atoms with Crippen LogP contribution in [0, 0.1) is 11.8 Å². The Balaban J connectivity index is 1.16. The van der Waals surface area contributed by atoms with Gasteiger partial charge in [-0.1, -0.05) is 73.8 Å². The van der Waals surface area contributed by atoms with Crippen LogP contribution in [0.25, 0.3) is 0 Å². The predicted molar refractivity (Wildman–Crippen MR) is 167 cm³/mol. The van der Waals surface area contributed by atoms with E-state index in [4.69, 9.17) is 32.7 Å². The Morgan fingerprint density at radius 2 is 1.80 bits per heavy atom. The Kier molecular flexibility index (Phi) is 10.3. The van der Waals surface area contributed by atoms with Gasteiger partial charge in [-0.25, -0.2) is 0 Å². The SMILES string of the molecule is CC(C)[C@@H]1C[C@H](c2ccc(Cl)cc2Cl)CO[C@H]1c1cccc(OCC(=O)Nc2ccc(CN3CCCCC3)cc2)c1. The Morgan fingerprint density at radius 1 is 1.02 bits per heavy atom. The van der Waals surface area contributed by atoms with Crippen molar-refractivity contribution in [2.24, 2.45) is 11.8 Å². The molecule has 1 amide bonds. The molecule has 2 aliphatic rings. The molecule has 2 aliphatic heterocycles. The quantitative estimate of drug-likeness (QED) is 0.270. The van der Waals surface area contributed by atoms with E-state index >= 15 is 0 Å². The fraction of sp³-hybridized carbons (Fsp3) is 0.441. The monoisotopic (exact) mass is 594 g/mol. The first-order valence-corrected chi connectivity index (χ1v) is 15.5. The van der Waals surface area contributed by atoms with Crippen LogP contribution in [0.2, 0.25) is 10.0 Å². The fourth-order valence-electron chi connectivity index (χ4n) is 6.07. The maximum atomic E-state index is 12.6. The highest BCUT2D eigenvalue weighted by Gasteiger charge is 2.35. The van der Waals surface area contributed by atoms with Gasteiger partial charge >= 0.3 is 0 Å². The highest BCUT2D eigenvalue weighted by molar-refractivity contribution is 6.35. The number of anilines is 1. The third-order valence-corrected chi connectivity index (χ3v) is 8.89. The van der Waals surface area contributed by atoms with Crippen LogP contribution in [-0.4, -0.2) is 37.1 Å². The molecule has 0 unspecified atom stereocenters. The van der Waals surface area contributed by atoms with Crippen LogP contribution in [-0.2, 0) is 16.1 Å². The first-order chi connectivity index (χ1) is 19.9. The lowest BCUT2D eigenvalue weighted by Crippen LogP contribution is -2.31. The molecule has 218 valence electrons. The number of hydrogen-bond acceptors (Lipinski definition) is 4. The van der Waals surface area contributed by atoms with Crippen LogP contribution in [0.5, 0.6) is 5.75 Å². The van der Waals surface area contributed by atoms with E-state index in [1.165, 1.54) is 37.9 Å². The molecule has 0 saturated carbocycles. The van der Waals surface area contributed by atoms with Crippen LogP contribution >= 0.6 is 23.2 Å². The number of carbonyl (C=O) groups excluding carboxylic acids is 1. The lowest BCUT2D eigenvalue weighted by molar-refractivity contribution is -0.118. The summed E-state index contributed by atoms with van der Waals surface area (Å²) < 4.78 is 12.4. The van der Waals surface area contributed by atoms with Crippen LogP contribution in [0.4, 0.5) is 5.69 Å². The number of halogens is 2. The minimum Gasteiger partial charge on any atom is -0.484 e. The minimum atomic E-state index is -0.184. The van der Waals surface area contributed by atoms with Gasteiger partial charge in [-0.05, 0) is 97.3 Å². The van der Waals surface area contributed by atoms with Crippen LogP contribution in [0.15, 0.2) is 66.7 Å². The van der Waals surface area contributed by atoms with Gasteiger partial charge in [0.05, 0.1) is 12.7 Å². The summed E-state index contributed by atoms with van der Waals surface area (Å²) in [4.78, 5) is 15.1. The molecule has 3 atom stereocenters. The summed E-state index contributed by atoms with van der Waals surface area (Å²) in [5.74, 6) is 1.40. The van der Waals surface area contributed by atoms with E-state index in [2.05, 4.69) is 42.3 Å². The van der Waals surface area contributed by atoms with E-state index in [-0.39, 0.29) is 24.5 Å². The standard InChI is InChI=1S/C34H40Cl2N2O3/c1-23(2)31-18-26(30-14-11-27(35)19-32(30)36)21-41-34(31)25-7-6-8-29(17-25)40-22-33(39)37-28-12-9-24(10-13-28)20-38-15-4-3-5-16-38/h6-14,17,19,23,26,31,34H,3-5,15-16,18,20-22H2,1-2H3,(H,37,39)/t26-,31-,34-/m0/s1. The molecule has 0 aromatic heterocycles. The molecule has 5 nitrogen and oxygen atoms in total. The third kappa shape index (κ3) is 8.04. The molecule has 0 aliphatic carbocycles. The van der Waals surface area contributed by atoms with E-state index in [0.717, 1.165) is 29.8 Å². The van der Waals surface area contributed by atoms with Crippen molar-refractivity contribution in [3.05, 3.63) is 93.5 Å². The number of carbonyl (C=O) groups is 1. The number of likely N-dealkylation sites (tertiary alicyclic amines) is 1. The van der Waals surface area contributed by atoms with E-state index in [1.807, 2.05) is 42.5 Å². The zero-order chi connectivity index (χ0) is 28.8. The maximum Gasteiger partial charge on any atom is 0.262 e. The summed E-state index contributed by atoms with van der Waals surface area (Å²) in [6.45, 7) is 8.29. The lowest BCUT2D eigenvalue weighted by atomic mass is 9.76. The molecule has 5 rings (SSSR count). The zero-order valence-electron chi connectivity index (χ0n) is 24.0.